The second-order valence-electron chi connectivity index (χ2n) is 5.58. The van der Waals surface area contributed by atoms with Gasteiger partial charge in [-0.15, -0.1) is 0 Å². The molecule has 1 unspecified atom stereocenters. The zero-order chi connectivity index (χ0) is 13.7. The van der Waals surface area contributed by atoms with E-state index in [1.807, 2.05) is 13.8 Å². The summed E-state index contributed by atoms with van der Waals surface area (Å²) >= 11 is 0. The Kier molecular flexibility index (Phi) is 3.63. The Morgan fingerprint density at radius 3 is 2.67 bits per heavy atom. The Morgan fingerprint density at radius 1 is 1.56 bits per heavy atom. The third-order valence-corrected chi connectivity index (χ3v) is 4.51. The van der Waals surface area contributed by atoms with Gasteiger partial charge in [0.05, 0.1) is 18.4 Å². The topological polar surface area (TPSA) is 76.0 Å². The minimum atomic E-state index is -4.10. The molecule has 2 aliphatic rings. The summed E-state index contributed by atoms with van der Waals surface area (Å²) in [5, 5.41) is 0. The standard InChI is InChI=1S/C11H20FO5P/c1-6(2)16-10-9(12)7(3)17-11(10)4-8(11)5-18(13,14)15/h6-10H,4-5H2,1-3H3,(H2,13,14,15)/t7-,8?,9-,10-,11+/m0/s1. The summed E-state index contributed by atoms with van der Waals surface area (Å²) in [5.74, 6) is -0.315. The number of rotatable bonds is 4. The fourth-order valence-corrected chi connectivity index (χ4v) is 3.81. The highest BCUT2D eigenvalue weighted by atomic mass is 31.2. The molecule has 1 heterocycles. The molecule has 1 saturated heterocycles. The molecule has 0 bridgehead atoms. The van der Waals surface area contributed by atoms with Crippen molar-refractivity contribution in [2.45, 2.75) is 57.3 Å². The third-order valence-electron chi connectivity index (χ3n) is 3.60. The third kappa shape index (κ3) is 2.63. The van der Waals surface area contributed by atoms with Crippen molar-refractivity contribution in [2.24, 2.45) is 5.92 Å². The molecule has 7 heteroatoms. The van der Waals surface area contributed by atoms with Gasteiger partial charge in [-0.3, -0.25) is 4.57 Å². The van der Waals surface area contributed by atoms with Crippen molar-refractivity contribution in [3.63, 3.8) is 0 Å². The smallest absolute Gasteiger partial charge is 0.325 e. The van der Waals surface area contributed by atoms with Gasteiger partial charge in [-0.1, -0.05) is 0 Å². The summed E-state index contributed by atoms with van der Waals surface area (Å²) < 4.78 is 36.2. The van der Waals surface area contributed by atoms with Crippen LogP contribution in [0, 0.1) is 5.92 Å². The van der Waals surface area contributed by atoms with Crippen LogP contribution in [0.25, 0.3) is 0 Å². The summed E-state index contributed by atoms with van der Waals surface area (Å²) in [6.07, 6.45) is -2.49. The fourth-order valence-electron chi connectivity index (χ4n) is 2.80. The first-order valence-corrected chi connectivity index (χ1v) is 7.97. The first kappa shape index (κ1) is 14.4. The van der Waals surface area contributed by atoms with Gasteiger partial charge in [0.25, 0.3) is 0 Å². The van der Waals surface area contributed by atoms with E-state index >= 15 is 0 Å². The number of hydrogen-bond acceptors (Lipinski definition) is 3. The predicted octanol–water partition coefficient (Wildman–Crippen LogP) is 1.47. The van der Waals surface area contributed by atoms with Crippen LogP contribution in [0.5, 0.6) is 0 Å². The van der Waals surface area contributed by atoms with Gasteiger partial charge in [0.1, 0.15) is 11.7 Å². The van der Waals surface area contributed by atoms with Crippen LogP contribution in [-0.2, 0) is 14.0 Å². The van der Waals surface area contributed by atoms with Crippen LogP contribution in [0.4, 0.5) is 4.39 Å². The minimum Gasteiger partial charge on any atom is -0.369 e. The van der Waals surface area contributed by atoms with Gasteiger partial charge in [-0.25, -0.2) is 4.39 Å². The monoisotopic (exact) mass is 282 g/mol. The Bertz CT molecular complexity index is 370. The molecular formula is C11H20FO5P. The van der Waals surface area contributed by atoms with Crippen LogP contribution >= 0.6 is 7.60 Å². The Hall–Kier alpha value is -0.0000000000000000416. The Balaban J connectivity index is 2.10. The van der Waals surface area contributed by atoms with Crippen LogP contribution in [0.2, 0.25) is 0 Å². The van der Waals surface area contributed by atoms with Crippen molar-refractivity contribution in [3.8, 4) is 0 Å². The molecule has 0 aromatic carbocycles. The highest BCUT2D eigenvalue weighted by molar-refractivity contribution is 7.51. The molecule has 0 aromatic rings. The maximum absolute atomic E-state index is 14.0. The largest absolute Gasteiger partial charge is 0.369 e. The summed E-state index contributed by atoms with van der Waals surface area (Å²) in [7, 11) is -4.10. The molecule has 1 saturated carbocycles. The average molecular weight is 282 g/mol. The van der Waals surface area contributed by atoms with Crippen LogP contribution in [-0.4, -0.2) is 46.0 Å². The molecule has 1 aliphatic heterocycles. The quantitative estimate of drug-likeness (QED) is 0.764. The van der Waals surface area contributed by atoms with E-state index in [4.69, 9.17) is 19.3 Å². The number of ether oxygens (including phenoxy) is 2. The molecule has 2 N–H and O–H groups in total. The van der Waals surface area contributed by atoms with Gasteiger partial charge in [-0.05, 0) is 27.2 Å². The molecule has 5 atom stereocenters. The number of halogens is 1. The van der Waals surface area contributed by atoms with E-state index in [0.717, 1.165) is 0 Å². The first-order chi connectivity index (χ1) is 8.16. The molecule has 0 aromatic heterocycles. The lowest BCUT2D eigenvalue weighted by Gasteiger charge is -2.23. The van der Waals surface area contributed by atoms with Gasteiger partial charge >= 0.3 is 7.60 Å². The SMILES string of the molecule is CC(C)O[C@H]1[C@@H](F)[C@H](C)O[C@@]12CC2CP(=O)(O)O. The van der Waals surface area contributed by atoms with Gasteiger partial charge < -0.3 is 19.3 Å². The predicted molar refractivity (Wildman–Crippen MR) is 63.2 cm³/mol. The molecule has 1 aliphatic carbocycles. The summed E-state index contributed by atoms with van der Waals surface area (Å²) in [6, 6.07) is 0. The van der Waals surface area contributed by atoms with Crippen molar-refractivity contribution in [1.29, 1.82) is 0 Å². The molecule has 106 valence electrons. The van der Waals surface area contributed by atoms with E-state index in [2.05, 4.69) is 0 Å². The van der Waals surface area contributed by atoms with Crippen LogP contribution in [0.1, 0.15) is 27.2 Å². The Morgan fingerprint density at radius 2 is 2.17 bits per heavy atom. The lowest BCUT2D eigenvalue weighted by Crippen LogP contribution is -2.37. The summed E-state index contributed by atoms with van der Waals surface area (Å²) in [6.45, 7) is 5.25. The zero-order valence-corrected chi connectivity index (χ0v) is 11.6. The van der Waals surface area contributed by atoms with Crippen LogP contribution in [0.15, 0.2) is 0 Å². The molecule has 1 spiro atoms. The summed E-state index contributed by atoms with van der Waals surface area (Å²) in [4.78, 5) is 18.0. The van der Waals surface area contributed by atoms with E-state index in [-0.39, 0.29) is 18.2 Å². The number of hydrogen-bond donors (Lipinski definition) is 2. The van der Waals surface area contributed by atoms with Gasteiger partial charge in [0, 0.05) is 5.92 Å². The molecule has 18 heavy (non-hydrogen) atoms. The molecule has 2 fully saturated rings. The molecule has 0 radical (unpaired) electrons. The first-order valence-electron chi connectivity index (χ1n) is 6.17. The maximum Gasteiger partial charge on any atom is 0.325 e. The van der Waals surface area contributed by atoms with Crippen molar-refractivity contribution in [2.75, 3.05) is 6.16 Å². The van der Waals surface area contributed by atoms with Gasteiger partial charge in [0.2, 0.25) is 0 Å². The second kappa shape index (κ2) is 4.53. The van der Waals surface area contributed by atoms with E-state index in [1.54, 1.807) is 6.92 Å². The molecule has 5 nitrogen and oxygen atoms in total. The van der Waals surface area contributed by atoms with Crippen molar-refractivity contribution < 1.29 is 28.2 Å². The van der Waals surface area contributed by atoms with E-state index < -0.39 is 31.6 Å². The maximum atomic E-state index is 14.0. The Labute approximate surface area is 106 Å². The van der Waals surface area contributed by atoms with Crippen molar-refractivity contribution in [3.05, 3.63) is 0 Å². The molecule has 2 rings (SSSR count). The highest BCUT2D eigenvalue weighted by Gasteiger charge is 2.69. The normalized spacial score (nSPS) is 43.9. The number of alkyl halides is 1. The van der Waals surface area contributed by atoms with Crippen LogP contribution < -0.4 is 0 Å². The van der Waals surface area contributed by atoms with Gasteiger partial charge in [-0.2, -0.15) is 0 Å². The fraction of sp³-hybridized carbons (Fsp3) is 1.00. The highest BCUT2D eigenvalue weighted by Crippen LogP contribution is 2.61. The molecule has 0 amide bonds. The van der Waals surface area contributed by atoms with Gasteiger partial charge in [0.15, 0.2) is 6.17 Å². The molecular weight excluding hydrogens is 262 g/mol. The lowest BCUT2D eigenvalue weighted by molar-refractivity contribution is -0.0717. The average Bonchev–Trinajstić information content (AvgIpc) is 2.78. The second-order valence-corrected chi connectivity index (χ2v) is 7.27. The zero-order valence-electron chi connectivity index (χ0n) is 10.7. The lowest BCUT2D eigenvalue weighted by atomic mass is 10.1. The summed E-state index contributed by atoms with van der Waals surface area (Å²) in [5.41, 5.74) is -0.829. The van der Waals surface area contributed by atoms with Crippen LogP contribution in [0.3, 0.4) is 0 Å². The van der Waals surface area contributed by atoms with Crippen molar-refractivity contribution in [1.82, 2.24) is 0 Å². The van der Waals surface area contributed by atoms with E-state index in [1.165, 1.54) is 0 Å². The van der Waals surface area contributed by atoms with E-state index in [9.17, 15) is 8.96 Å². The minimum absolute atomic E-state index is 0.143. The van der Waals surface area contributed by atoms with E-state index in [0.29, 0.717) is 6.42 Å². The van der Waals surface area contributed by atoms with Crippen molar-refractivity contribution >= 4 is 7.60 Å².